The number of allylic oxidation sites excluding steroid dienone is 1. The van der Waals surface area contributed by atoms with Gasteiger partial charge in [-0.1, -0.05) is 81.9 Å². The van der Waals surface area contributed by atoms with Crippen molar-refractivity contribution in [1.29, 1.82) is 0 Å². The second-order valence-corrected chi connectivity index (χ2v) is 12.6. The first-order valence-electron chi connectivity index (χ1n) is 14.1. The second-order valence-electron chi connectivity index (χ2n) is 10.7. The van der Waals surface area contributed by atoms with Gasteiger partial charge in [-0.2, -0.15) is 0 Å². The van der Waals surface area contributed by atoms with Crippen molar-refractivity contribution in [2.45, 2.75) is 25.5 Å². The maximum Gasteiger partial charge on any atom is 0.271 e. The van der Waals surface area contributed by atoms with Crippen LogP contribution in [0.25, 0.3) is 11.8 Å². The number of hydrogen-bond acceptors (Lipinski definition) is 6. The van der Waals surface area contributed by atoms with Crippen LogP contribution < -0.4 is 29.1 Å². The van der Waals surface area contributed by atoms with Gasteiger partial charge in [0.05, 0.1) is 16.3 Å². The van der Waals surface area contributed by atoms with Crippen LogP contribution in [0.2, 0.25) is 0 Å². The summed E-state index contributed by atoms with van der Waals surface area (Å²) in [6.45, 7) is 0.665. The molecule has 0 saturated heterocycles. The first-order chi connectivity index (χ1) is 21.1. The number of nitrogens with zero attached hydrogens (tertiary/aromatic N) is 2. The summed E-state index contributed by atoms with van der Waals surface area (Å²) in [6, 6.07) is 30.2. The molecule has 0 N–H and O–H groups in total. The molecule has 0 radical (unpaired) electrons. The number of halogens is 1. The van der Waals surface area contributed by atoms with Gasteiger partial charge in [0.25, 0.3) is 5.56 Å². The summed E-state index contributed by atoms with van der Waals surface area (Å²) in [7, 11) is 0. The Labute approximate surface area is 260 Å². The van der Waals surface area contributed by atoms with Gasteiger partial charge >= 0.3 is 0 Å². The molecule has 3 aliphatic rings. The van der Waals surface area contributed by atoms with Crippen LogP contribution in [0.3, 0.4) is 0 Å². The summed E-state index contributed by atoms with van der Waals surface area (Å²) < 4.78 is 20.4. The summed E-state index contributed by atoms with van der Waals surface area (Å²) in [4.78, 5) is 19.8. The predicted octanol–water partition coefficient (Wildman–Crippen LogP) is 6.39. The zero-order valence-corrected chi connectivity index (χ0v) is 25.4. The van der Waals surface area contributed by atoms with E-state index in [9.17, 15) is 4.79 Å². The van der Waals surface area contributed by atoms with Gasteiger partial charge in [0, 0.05) is 10.0 Å². The lowest BCUT2D eigenvalue weighted by molar-refractivity contribution is 0.174. The van der Waals surface area contributed by atoms with Gasteiger partial charge in [-0.05, 0) is 83.1 Å². The molecule has 0 unspecified atom stereocenters. The predicted molar refractivity (Wildman–Crippen MR) is 170 cm³/mol. The number of benzene rings is 4. The average molecular weight is 650 g/mol. The molecule has 2 aliphatic heterocycles. The van der Waals surface area contributed by atoms with E-state index >= 15 is 0 Å². The third kappa shape index (κ3) is 4.80. The SMILES string of the molecule is O=c1/c(=C\c2ccc(OCc3ccc4c(c3)OCO4)cc2)sc2n1[C@H](c1ccc(Br)cc1)C1=C(N=2)c2ccccc2CC1. The molecule has 1 atom stereocenters. The minimum atomic E-state index is -0.193. The number of ether oxygens (including phenoxy) is 3. The molecule has 1 aromatic heterocycles. The first-order valence-corrected chi connectivity index (χ1v) is 15.7. The molecule has 43 heavy (non-hydrogen) atoms. The fraction of sp³-hybridized carbons (Fsp3) is 0.143. The highest BCUT2D eigenvalue weighted by Crippen LogP contribution is 2.41. The Bertz CT molecular complexity index is 2100. The highest BCUT2D eigenvalue weighted by molar-refractivity contribution is 9.10. The van der Waals surface area contributed by atoms with Gasteiger partial charge in [0.1, 0.15) is 12.4 Å². The van der Waals surface area contributed by atoms with Gasteiger partial charge in [0.2, 0.25) is 6.79 Å². The Morgan fingerprint density at radius 2 is 1.77 bits per heavy atom. The van der Waals surface area contributed by atoms with Crippen LogP contribution in [0.5, 0.6) is 17.2 Å². The van der Waals surface area contributed by atoms with Crippen molar-refractivity contribution in [2.75, 3.05) is 6.79 Å². The lowest BCUT2D eigenvalue weighted by Crippen LogP contribution is -2.38. The maximum atomic E-state index is 14.0. The van der Waals surface area contributed by atoms with Crippen LogP contribution in [0.1, 0.15) is 40.3 Å². The summed E-state index contributed by atoms with van der Waals surface area (Å²) >= 11 is 5.01. The Morgan fingerprint density at radius 1 is 0.953 bits per heavy atom. The smallest absolute Gasteiger partial charge is 0.271 e. The van der Waals surface area contributed by atoms with Crippen molar-refractivity contribution in [3.8, 4) is 17.2 Å². The molecule has 0 spiro atoms. The maximum absolute atomic E-state index is 14.0. The van der Waals surface area contributed by atoms with Gasteiger partial charge in [0.15, 0.2) is 16.3 Å². The molecule has 4 aromatic carbocycles. The van der Waals surface area contributed by atoms with Crippen LogP contribution >= 0.6 is 27.3 Å². The Hall–Kier alpha value is -4.40. The molecule has 0 amide bonds. The molecular weight excluding hydrogens is 624 g/mol. The van der Waals surface area contributed by atoms with E-state index in [0.717, 1.165) is 61.8 Å². The van der Waals surface area contributed by atoms with Crippen LogP contribution in [-0.2, 0) is 13.0 Å². The van der Waals surface area contributed by atoms with E-state index in [2.05, 4.69) is 52.3 Å². The lowest BCUT2D eigenvalue weighted by atomic mass is 9.83. The van der Waals surface area contributed by atoms with Crippen molar-refractivity contribution < 1.29 is 14.2 Å². The number of aromatic nitrogens is 1. The van der Waals surface area contributed by atoms with E-state index in [0.29, 0.717) is 11.1 Å². The van der Waals surface area contributed by atoms with Crippen molar-refractivity contribution in [1.82, 2.24) is 4.57 Å². The molecule has 8 rings (SSSR count). The molecule has 0 fully saturated rings. The summed E-state index contributed by atoms with van der Waals surface area (Å²) in [5.74, 6) is 2.25. The quantitative estimate of drug-likeness (QED) is 0.222. The Balaban J connectivity index is 1.13. The molecule has 0 saturated carbocycles. The van der Waals surface area contributed by atoms with Crippen molar-refractivity contribution in [3.05, 3.63) is 149 Å². The second kappa shape index (κ2) is 10.7. The number of hydrogen-bond donors (Lipinski definition) is 0. The highest BCUT2D eigenvalue weighted by atomic mass is 79.9. The van der Waals surface area contributed by atoms with E-state index in [4.69, 9.17) is 19.2 Å². The monoisotopic (exact) mass is 648 g/mol. The minimum Gasteiger partial charge on any atom is -0.489 e. The van der Waals surface area contributed by atoms with Gasteiger partial charge in [-0.3, -0.25) is 9.36 Å². The van der Waals surface area contributed by atoms with Crippen molar-refractivity contribution >= 4 is 39.0 Å². The third-order valence-corrected chi connectivity index (χ3v) is 9.59. The van der Waals surface area contributed by atoms with Crippen LogP contribution in [0, 0.1) is 0 Å². The number of rotatable bonds is 5. The van der Waals surface area contributed by atoms with E-state index in [1.165, 1.54) is 28.0 Å². The highest BCUT2D eigenvalue weighted by Gasteiger charge is 2.32. The first kappa shape index (κ1) is 26.2. The molecule has 3 heterocycles. The van der Waals surface area contributed by atoms with Crippen molar-refractivity contribution in [2.24, 2.45) is 4.99 Å². The summed E-state index contributed by atoms with van der Waals surface area (Å²) in [5, 5.41) is 0. The van der Waals surface area contributed by atoms with Gasteiger partial charge < -0.3 is 14.2 Å². The van der Waals surface area contributed by atoms with E-state index < -0.39 is 0 Å². The molecule has 1 aliphatic carbocycles. The molecule has 0 bridgehead atoms. The van der Waals surface area contributed by atoms with E-state index in [1.54, 1.807) is 0 Å². The lowest BCUT2D eigenvalue weighted by Gasteiger charge is -2.30. The molecule has 6 nitrogen and oxygen atoms in total. The zero-order chi connectivity index (χ0) is 28.9. The van der Waals surface area contributed by atoms with Crippen LogP contribution in [-0.4, -0.2) is 11.4 Å². The fourth-order valence-electron chi connectivity index (χ4n) is 5.98. The van der Waals surface area contributed by atoms with Gasteiger partial charge in [-0.25, -0.2) is 4.99 Å². The average Bonchev–Trinajstić information content (AvgIpc) is 3.63. The minimum absolute atomic E-state index is 0.0230. The normalized spacial score (nSPS) is 16.8. The third-order valence-electron chi connectivity index (χ3n) is 8.08. The van der Waals surface area contributed by atoms with E-state index in [1.807, 2.05) is 65.2 Å². The standard InChI is InChI=1S/C35H25BrN2O4S/c36-25-11-8-24(9-12-25)33-28-15-10-23-3-1-2-4-27(23)32(28)37-35-38(33)34(39)31(43-35)18-21-5-13-26(14-6-21)40-19-22-7-16-29-30(17-22)42-20-41-29/h1-9,11-14,16-18,33H,10,15,19-20H2/b31-18+/t33-/m1/s1. The number of fused-ring (bicyclic) bond motifs is 4. The Kier molecular flexibility index (Phi) is 6.53. The summed E-state index contributed by atoms with van der Waals surface area (Å²) in [5.41, 5.74) is 7.66. The largest absolute Gasteiger partial charge is 0.489 e. The molecule has 5 aromatic rings. The fourth-order valence-corrected chi connectivity index (χ4v) is 7.24. The number of aryl methyl sites for hydroxylation is 1. The van der Waals surface area contributed by atoms with Crippen LogP contribution in [0.4, 0.5) is 0 Å². The molecular formula is C35H25BrN2O4S. The number of thiazole rings is 1. The Morgan fingerprint density at radius 3 is 2.63 bits per heavy atom. The van der Waals surface area contributed by atoms with Crippen molar-refractivity contribution in [3.63, 3.8) is 0 Å². The topological polar surface area (TPSA) is 62.1 Å². The zero-order valence-electron chi connectivity index (χ0n) is 23.0. The molecule has 8 heteroatoms. The summed E-state index contributed by atoms with van der Waals surface area (Å²) in [6.07, 6.45) is 3.75. The van der Waals surface area contributed by atoms with E-state index in [-0.39, 0.29) is 18.4 Å². The molecule has 212 valence electrons. The van der Waals surface area contributed by atoms with Gasteiger partial charge in [-0.15, -0.1) is 0 Å². The van der Waals surface area contributed by atoms with Crippen LogP contribution in [0.15, 0.2) is 111 Å².